The standard InChI is InChI=1S/C27H23NO7/c1-32-24-12-4-17(13-25(24)33-2)3-11-23(29)18-5-8-21(9-6-18)34-16-26(30)28-20-7-10-22-19(14-20)15-35-27(22)31/h3-14H,15-16H2,1-2H3,(H,28,30)/b11-3+. The molecule has 0 unspecified atom stereocenters. The molecule has 1 heterocycles. The summed E-state index contributed by atoms with van der Waals surface area (Å²) < 4.78 is 21.0. The van der Waals surface area contributed by atoms with Crippen LogP contribution >= 0.6 is 0 Å². The Hall–Kier alpha value is -4.59. The lowest BCUT2D eigenvalue weighted by Crippen LogP contribution is -2.20. The third-order valence-corrected chi connectivity index (χ3v) is 5.31. The third-order valence-electron chi connectivity index (χ3n) is 5.31. The number of nitrogens with one attached hydrogen (secondary N) is 1. The summed E-state index contributed by atoms with van der Waals surface area (Å²) in [6.45, 7) is -0.0120. The molecule has 0 saturated carbocycles. The van der Waals surface area contributed by atoms with E-state index in [1.165, 1.54) is 6.08 Å². The Morgan fingerprint density at radius 2 is 1.74 bits per heavy atom. The molecule has 1 aliphatic rings. The van der Waals surface area contributed by atoms with Crippen molar-refractivity contribution < 1.29 is 33.3 Å². The van der Waals surface area contributed by atoms with E-state index in [9.17, 15) is 14.4 Å². The van der Waals surface area contributed by atoms with Gasteiger partial charge >= 0.3 is 5.97 Å². The summed E-state index contributed by atoms with van der Waals surface area (Å²) in [5.74, 6) is 0.746. The van der Waals surface area contributed by atoms with Crippen LogP contribution in [0.5, 0.6) is 17.2 Å². The average molecular weight is 473 g/mol. The summed E-state index contributed by atoms with van der Waals surface area (Å²) in [6, 6.07) is 16.9. The number of hydrogen-bond donors (Lipinski definition) is 1. The summed E-state index contributed by atoms with van der Waals surface area (Å²) in [4.78, 5) is 36.2. The second-order valence-electron chi connectivity index (χ2n) is 7.62. The number of esters is 1. The molecule has 3 aromatic carbocycles. The van der Waals surface area contributed by atoms with Gasteiger partial charge in [-0.05, 0) is 66.2 Å². The Morgan fingerprint density at radius 3 is 2.49 bits per heavy atom. The monoisotopic (exact) mass is 473 g/mol. The highest BCUT2D eigenvalue weighted by atomic mass is 16.5. The summed E-state index contributed by atoms with van der Waals surface area (Å²) in [7, 11) is 3.11. The van der Waals surface area contributed by atoms with E-state index in [0.717, 1.165) is 11.1 Å². The second kappa shape index (κ2) is 10.6. The Balaban J connectivity index is 1.30. The molecular formula is C27H23NO7. The van der Waals surface area contributed by atoms with E-state index in [2.05, 4.69) is 5.32 Å². The quantitative estimate of drug-likeness (QED) is 0.281. The molecule has 0 aromatic heterocycles. The maximum Gasteiger partial charge on any atom is 0.338 e. The Kier molecular flexibility index (Phi) is 7.11. The third kappa shape index (κ3) is 5.67. The first-order valence-electron chi connectivity index (χ1n) is 10.7. The maximum atomic E-state index is 12.5. The van der Waals surface area contributed by atoms with E-state index < -0.39 is 0 Å². The van der Waals surface area contributed by atoms with Crippen molar-refractivity contribution in [3.05, 3.63) is 89.0 Å². The van der Waals surface area contributed by atoms with E-state index in [-0.39, 0.29) is 30.9 Å². The van der Waals surface area contributed by atoms with Crippen LogP contribution in [0.15, 0.2) is 66.7 Å². The van der Waals surface area contributed by atoms with E-state index in [1.807, 2.05) is 6.07 Å². The van der Waals surface area contributed by atoms with Gasteiger partial charge in [-0.15, -0.1) is 0 Å². The van der Waals surface area contributed by atoms with Crippen molar-refractivity contribution >= 4 is 29.4 Å². The normalized spacial score (nSPS) is 12.1. The number of allylic oxidation sites excluding steroid dienone is 1. The number of rotatable bonds is 9. The predicted octanol–water partition coefficient (Wildman–Crippen LogP) is 4.29. The molecule has 3 aromatic rings. The number of benzene rings is 3. The summed E-state index contributed by atoms with van der Waals surface area (Å²) in [5.41, 5.74) is 3.07. The van der Waals surface area contributed by atoms with Crippen molar-refractivity contribution in [3.63, 3.8) is 0 Å². The molecule has 35 heavy (non-hydrogen) atoms. The molecule has 0 fully saturated rings. The minimum absolute atomic E-state index is 0.178. The lowest BCUT2D eigenvalue weighted by Gasteiger charge is -2.09. The van der Waals surface area contributed by atoms with Crippen molar-refractivity contribution in [1.82, 2.24) is 0 Å². The smallest absolute Gasteiger partial charge is 0.338 e. The van der Waals surface area contributed by atoms with Crippen LogP contribution in [0.4, 0.5) is 5.69 Å². The van der Waals surface area contributed by atoms with Crippen LogP contribution in [0, 0.1) is 0 Å². The van der Waals surface area contributed by atoms with Gasteiger partial charge in [0.05, 0.1) is 19.8 Å². The van der Waals surface area contributed by atoms with E-state index >= 15 is 0 Å². The highest BCUT2D eigenvalue weighted by molar-refractivity contribution is 6.06. The van der Waals surface area contributed by atoms with Crippen LogP contribution in [0.25, 0.3) is 6.08 Å². The number of cyclic esters (lactones) is 1. The molecule has 0 bridgehead atoms. The molecule has 1 amide bonds. The van der Waals surface area contributed by atoms with Crippen LogP contribution < -0.4 is 19.5 Å². The molecule has 0 spiro atoms. The first-order chi connectivity index (χ1) is 17.0. The summed E-state index contributed by atoms with van der Waals surface area (Å²) >= 11 is 0. The molecular weight excluding hydrogens is 450 g/mol. The molecule has 8 nitrogen and oxygen atoms in total. The number of ether oxygens (including phenoxy) is 4. The number of carbonyl (C=O) groups is 3. The van der Waals surface area contributed by atoms with Crippen LogP contribution in [0.2, 0.25) is 0 Å². The molecule has 8 heteroatoms. The zero-order valence-corrected chi connectivity index (χ0v) is 19.2. The van der Waals surface area contributed by atoms with E-state index in [4.69, 9.17) is 18.9 Å². The van der Waals surface area contributed by atoms with Gasteiger partial charge in [-0.3, -0.25) is 9.59 Å². The van der Waals surface area contributed by atoms with Crippen LogP contribution in [-0.2, 0) is 16.1 Å². The Bertz CT molecular complexity index is 1300. The highest BCUT2D eigenvalue weighted by Gasteiger charge is 2.21. The van der Waals surface area contributed by atoms with Gasteiger partial charge in [-0.2, -0.15) is 0 Å². The van der Waals surface area contributed by atoms with Gasteiger partial charge in [0.2, 0.25) is 0 Å². The van der Waals surface area contributed by atoms with Crippen molar-refractivity contribution in [2.24, 2.45) is 0 Å². The fraction of sp³-hybridized carbons (Fsp3) is 0.148. The topological polar surface area (TPSA) is 100 Å². The largest absolute Gasteiger partial charge is 0.493 e. The van der Waals surface area contributed by atoms with Gasteiger partial charge in [-0.25, -0.2) is 4.79 Å². The number of methoxy groups -OCH3 is 2. The SMILES string of the molecule is COc1ccc(/C=C/C(=O)c2ccc(OCC(=O)Nc3ccc4c(c3)COC4=O)cc2)cc1OC. The maximum absolute atomic E-state index is 12.5. The van der Waals surface area contributed by atoms with Gasteiger partial charge in [0.25, 0.3) is 5.91 Å². The van der Waals surface area contributed by atoms with Gasteiger partial charge in [0, 0.05) is 16.8 Å². The van der Waals surface area contributed by atoms with Crippen molar-refractivity contribution in [2.45, 2.75) is 6.61 Å². The van der Waals surface area contributed by atoms with Crippen molar-refractivity contribution in [3.8, 4) is 17.2 Å². The number of fused-ring (bicyclic) bond motifs is 1. The van der Waals surface area contributed by atoms with Crippen LogP contribution in [0.1, 0.15) is 31.8 Å². The molecule has 4 rings (SSSR count). The Morgan fingerprint density at radius 1 is 0.971 bits per heavy atom. The van der Waals surface area contributed by atoms with Gasteiger partial charge < -0.3 is 24.3 Å². The molecule has 1 N–H and O–H groups in total. The summed E-state index contributed by atoms with van der Waals surface area (Å²) in [6.07, 6.45) is 3.17. The number of carbonyl (C=O) groups excluding carboxylic acids is 3. The fourth-order valence-electron chi connectivity index (χ4n) is 3.50. The molecule has 0 aliphatic carbocycles. The average Bonchev–Trinajstić information content (AvgIpc) is 3.25. The predicted molar refractivity (Wildman–Crippen MR) is 129 cm³/mol. The number of ketones is 1. The minimum atomic E-state index is -0.361. The Labute approximate surface area is 202 Å². The minimum Gasteiger partial charge on any atom is -0.493 e. The summed E-state index contributed by atoms with van der Waals surface area (Å²) in [5, 5.41) is 2.72. The molecule has 0 radical (unpaired) electrons. The van der Waals surface area contributed by atoms with Gasteiger partial charge in [-0.1, -0.05) is 12.1 Å². The molecule has 0 saturated heterocycles. The van der Waals surface area contributed by atoms with Crippen LogP contribution in [0.3, 0.4) is 0 Å². The molecule has 178 valence electrons. The zero-order chi connectivity index (χ0) is 24.8. The number of anilines is 1. The molecule has 0 atom stereocenters. The first-order valence-corrected chi connectivity index (χ1v) is 10.7. The van der Waals surface area contributed by atoms with Gasteiger partial charge in [0.15, 0.2) is 23.9 Å². The fourth-order valence-corrected chi connectivity index (χ4v) is 3.50. The van der Waals surface area contributed by atoms with Gasteiger partial charge in [0.1, 0.15) is 12.4 Å². The highest BCUT2D eigenvalue weighted by Crippen LogP contribution is 2.28. The second-order valence-corrected chi connectivity index (χ2v) is 7.62. The zero-order valence-electron chi connectivity index (χ0n) is 19.2. The van der Waals surface area contributed by atoms with E-state index in [0.29, 0.717) is 34.1 Å². The lowest BCUT2D eigenvalue weighted by molar-refractivity contribution is -0.118. The van der Waals surface area contributed by atoms with Crippen molar-refractivity contribution in [2.75, 3.05) is 26.1 Å². The van der Waals surface area contributed by atoms with Crippen molar-refractivity contribution in [1.29, 1.82) is 0 Å². The number of amides is 1. The lowest BCUT2D eigenvalue weighted by atomic mass is 10.1. The van der Waals surface area contributed by atoms with Crippen LogP contribution in [-0.4, -0.2) is 38.5 Å². The van der Waals surface area contributed by atoms with E-state index in [1.54, 1.807) is 74.9 Å². The number of hydrogen-bond acceptors (Lipinski definition) is 7. The first kappa shape index (κ1) is 23.6. The molecule has 1 aliphatic heterocycles.